The van der Waals surface area contributed by atoms with Crippen molar-refractivity contribution in [3.05, 3.63) is 59.1 Å². The number of esters is 1. The summed E-state index contributed by atoms with van der Waals surface area (Å²) in [5.74, 6) is -1.48. The van der Waals surface area contributed by atoms with Crippen LogP contribution in [-0.4, -0.2) is 36.2 Å². The Morgan fingerprint density at radius 1 is 1.16 bits per heavy atom. The van der Waals surface area contributed by atoms with Crippen molar-refractivity contribution < 1.29 is 19.4 Å². The maximum absolute atomic E-state index is 11.4. The Morgan fingerprint density at radius 3 is 2.48 bits per heavy atom. The van der Waals surface area contributed by atoms with Gasteiger partial charge in [-0.2, -0.15) is 0 Å². The van der Waals surface area contributed by atoms with Crippen molar-refractivity contribution in [1.29, 1.82) is 0 Å². The van der Waals surface area contributed by atoms with Gasteiger partial charge in [-0.05, 0) is 42.2 Å². The van der Waals surface area contributed by atoms with Gasteiger partial charge in [0.25, 0.3) is 0 Å². The third-order valence-electron chi connectivity index (χ3n) is 3.65. The topological polar surface area (TPSA) is 75.6 Å². The van der Waals surface area contributed by atoms with E-state index in [0.29, 0.717) is 5.02 Å². The van der Waals surface area contributed by atoms with Crippen molar-refractivity contribution in [2.24, 2.45) is 0 Å². The molecular weight excluding hydrogens is 342 g/mol. The van der Waals surface area contributed by atoms with E-state index in [1.165, 1.54) is 0 Å². The molecule has 0 unspecified atom stereocenters. The number of nitrogens with one attached hydrogen (secondary N) is 1. The fourth-order valence-electron chi connectivity index (χ4n) is 2.40. The maximum Gasteiger partial charge on any atom is 0.321 e. The predicted octanol–water partition coefficient (Wildman–Crippen LogP) is 3.16. The minimum atomic E-state index is -1.01. The molecule has 2 aromatic carbocycles. The van der Waals surface area contributed by atoms with Gasteiger partial charge in [-0.1, -0.05) is 48.0 Å². The zero-order valence-electron chi connectivity index (χ0n) is 13.9. The first-order chi connectivity index (χ1) is 12.0. The van der Waals surface area contributed by atoms with E-state index in [2.05, 4.69) is 5.32 Å². The molecule has 5 nitrogen and oxygen atoms in total. The summed E-state index contributed by atoms with van der Waals surface area (Å²) in [4.78, 5) is 22.7. The van der Waals surface area contributed by atoms with Crippen LogP contribution in [0.1, 0.15) is 12.5 Å². The lowest BCUT2D eigenvalue weighted by Gasteiger charge is -2.14. The van der Waals surface area contributed by atoms with Crippen LogP contribution in [-0.2, 0) is 20.7 Å². The van der Waals surface area contributed by atoms with Gasteiger partial charge in [-0.15, -0.1) is 0 Å². The van der Waals surface area contributed by atoms with Crippen LogP contribution >= 0.6 is 11.6 Å². The molecule has 0 saturated heterocycles. The van der Waals surface area contributed by atoms with Crippen molar-refractivity contribution in [1.82, 2.24) is 5.32 Å². The summed E-state index contributed by atoms with van der Waals surface area (Å²) in [6.07, 6.45) is 0.268. The third kappa shape index (κ3) is 5.89. The largest absolute Gasteiger partial charge is 0.480 e. The second-order valence-electron chi connectivity index (χ2n) is 5.49. The average molecular weight is 362 g/mol. The Labute approximate surface area is 151 Å². The van der Waals surface area contributed by atoms with E-state index in [4.69, 9.17) is 16.3 Å². The molecule has 0 aliphatic carbocycles. The molecule has 1 atom stereocenters. The lowest BCUT2D eigenvalue weighted by Crippen LogP contribution is -2.41. The summed E-state index contributed by atoms with van der Waals surface area (Å²) < 4.78 is 4.79. The maximum atomic E-state index is 11.4. The average Bonchev–Trinajstić information content (AvgIpc) is 2.59. The highest BCUT2D eigenvalue weighted by Crippen LogP contribution is 2.23. The molecule has 6 heteroatoms. The van der Waals surface area contributed by atoms with Gasteiger partial charge >= 0.3 is 11.9 Å². The summed E-state index contributed by atoms with van der Waals surface area (Å²) in [5, 5.41) is 12.7. The molecule has 0 amide bonds. The van der Waals surface area contributed by atoms with E-state index in [0.717, 1.165) is 16.7 Å². The quantitative estimate of drug-likeness (QED) is 0.706. The van der Waals surface area contributed by atoms with Crippen LogP contribution in [0.5, 0.6) is 0 Å². The number of ether oxygens (including phenoxy) is 1. The molecular formula is C19H20ClNO4. The molecule has 132 valence electrons. The first-order valence-electron chi connectivity index (χ1n) is 7.96. The van der Waals surface area contributed by atoms with Crippen molar-refractivity contribution in [2.75, 3.05) is 13.2 Å². The lowest BCUT2D eigenvalue weighted by molar-refractivity contribution is -0.143. The molecule has 2 N–H and O–H groups in total. The van der Waals surface area contributed by atoms with Crippen molar-refractivity contribution in [2.45, 2.75) is 19.4 Å². The highest BCUT2D eigenvalue weighted by Gasteiger charge is 2.19. The van der Waals surface area contributed by atoms with Crippen LogP contribution in [0.3, 0.4) is 0 Å². The molecule has 0 aliphatic heterocycles. The number of benzene rings is 2. The fraction of sp³-hybridized carbons (Fsp3) is 0.263. The Hall–Kier alpha value is -2.37. The van der Waals surface area contributed by atoms with Gasteiger partial charge in [0.1, 0.15) is 6.04 Å². The molecule has 0 radical (unpaired) electrons. The third-order valence-corrected chi connectivity index (χ3v) is 3.88. The van der Waals surface area contributed by atoms with Crippen LogP contribution in [0.15, 0.2) is 48.5 Å². The number of carbonyl (C=O) groups is 2. The number of hydrogen-bond acceptors (Lipinski definition) is 4. The summed E-state index contributed by atoms with van der Waals surface area (Å²) >= 11 is 6.00. The number of carboxylic acids is 1. The number of halogens is 1. The molecule has 0 saturated carbocycles. The molecule has 0 aromatic heterocycles. The smallest absolute Gasteiger partial charge is 0.321 e. The molecule has 0 bridgehead atoms. The van der Waals surface area contributed by atoms with E-state index in [9.17, 15) is 14.7 Å². The number of aliphatic carboxylic acids is 1. The van der Waals surface area contributed by atoms with Crippen LogP contribution in [0.25, 0.3) is 11.1 Å². The van der Waals surface area contributed by atoms with Crippen molar-refractivity contribution >= 4 is 23.5 Å². The number of hydrogen-bond donors (Lipinski definition) is 2. The summed E-state index contributed by atoms with van der Waals surface area (Å²) in [6, 6.07) is 14.3. The summed E-state index contributed by atoms with van der Waals surface area (Å²) in [7, 11) is 0. The second-order valence-corrected chi connectivity index (χ2v) is 5.92. The Morgan fingerprint density at radius 2 is 1.88 bits per heavy atom. The molecule has 2 aromatic rings. The zero-order chi connectivity index (χ0) is 18.2. The van der Waals surface area contributed by atoms with Crippen LogP contribution in [0, 0.1) is 0 Å². The van der Waals surface area contributed by atoms with Gasteiger partial charge in [-0.25, -0.2) is 0 Å². The highest BCUT2D eigenvalue weighted by atomic mass is 35.5. The number of carboxylic acid groups (broad SMARTS) is 1. The molecule has 0 aliphatic rings. The van der Waals surface area contributed by atoms with Crippen LogP contribution in [0.2, 0.25) is 5.02 Å². The Kier molecular flexibility index (Phi) is 6.98. The van der Waals surface area contributed by atoms with Crippen molar-refractivity contribution in [3.63, 3.8) is 0 Å². The Balaban J connectivity index is 2.02. The SMILES string of the molecule is CCOC(=O)CN[C@@H](Cc1ccc(-c2cccc(Cl)c2)cc1)C(=O)O. The van der Waals surface area contributed by atoms with Crippen LogP contribution < -0.4 is 5.32 Å². The van der Waals surface area contributed by atoms with Gasteiger partial charge in [0.15, 0.2) is 0 Å². The molecule has 0 fully saturated rings. The summed E-state index contributed by atoms with van der Waals surface area (Å²) in [5.41, 5.74) is 2.85. The van der Waals surface area contributed by atoms with E-state index < -0.39 is 18.0 Å². The van der Waals surface area contributed by atoms with Gasteiger partial charge < -0.3 is 9.84 Å². The standard InChI is InChI=1S/C19H20ClNO4/c1-2-25-18(22)12-21-17(19(23)24)10-13-6-8-14(9-7-13)15-4-3-5-16(20)11-15/h3-9,11,17,21H,2,10,12H2,1H3,(H,23,24)/t17-/m0/s1. The normalized spacial score (nSPS) is 11.8. The Bertz CT molecular complexity index is 730. The van der Waals surface area contributed by atoms with E-state index in [1.807, 2.05) is 48.5 Å². The van der Waals surface area contributed by atoms with Gasteiger partial charge in [0.05, 0.1) is 13.2 Å². The minimum Gasteiger partial charge on any atom is -0.480 e. The fourth-order valence-corrected chi connectivity index (χ4v) is 2.59. The first-order valence-corrected chi connectivity index (χ1v) is 8.34. The second kappa shape index (κ2) is 9.20. The van der Waals surface area contributed by atoms with Gasteiger partial charge in [0.2, 0.25) is 0 Å². The lowest BCUT2D eigenvalue weighted by atomic mass is 10.0. The van der Waals surface area contributed by atoms with E-state index >= 15 is 0 Å². The van der Waals surface area contributed by atoms with E-state index in [1.54, 1.807) is 6.92 Å². The molecule has 0 heterocycles. The highest BCUT2D eigenvalue weighted by molar-refractivity contribution is 6.30. The number of carbonyl (C=O) groups excluding carboxylic acids is 1. The van der Waals surface area contributed by atoms with Gasteiger partial charge in [0, 0.05) is 5.02 Å². The van der Waals surface area contributed by atoms with Crippen LogP contribution in [0.4, 0.5) is 0 Å². The monoisotopic (exact) mass is 361 g/mol. The molecule has 2 rings (SSSR count). The minimum absolute atomic E-state index is 0.134. The molecule has 25 heavy (non-hydrogen) atoms. The molecule has 0 spiro atoms. The van der Waals surface area contributed by atoms with Gasteiger partial charge in [-0.3, -0.25) is 14.9 Å². The summed E-state index contributed by atoms with van der Waals surface area (Å²) in [6.45, 7) is 1.84. The first kappa shape index (κ1) is 19.0. The predicted molar refractivity (Wildman–Crippen MR) is 96.7 cm³/mol. The van der Waals surface area contributed by atoms with Crippen molar-refractivity contribution in [3.8, 4) is 11.1 Å². The van der Waals surface area contributed by atoms with E-state index in [-0.39, 0.29) is 19.6 Å². The number of rotatable bonds is 8. The zero-order valence-corrected chi connectivity index (χ0v) is 14.6.